The van der Waals surface area contributed by atoms with Crippen molar-refractivity contribution in [1.29, 1.82) is 0 Å². The SMILES string of the molecule is Cc1noc(C)c1CSc1ncccc1C(=O)OCC(=O)NCCc1ccccc1. The fraction of sp³-hybridized carbons (Fsp3) is 0.273. The van der Waals surface area contributed by atoms with Crippen LogP contribution in [0.2, 0.25) is 0 Å². The van der Waals surface area contributed by atoms with Gasteiger partial charge in [0.1, 0.15) is 10.8 Å². The molecule has 8 heteroatoms. The first-order valence-electron chi connectivity index (χ1n) is 9.52. The van der Waals surface area contributed by atoms with Crippen molar-refractivity contribution in [2.24, 2.45) is 0 Å². The number of pyridine rings is 1. The Morgan fingerprint density at radius 3 is 2.67 bits per heavy atom. The first-order valence-corrected chi connectivity index (χ1v) is 10.5. The van der Waals surface area contributed by atoms with Crippen molar-refractivity contribution < 1.29 is 18.8 Å². The van der Waals surface area contributed by atoms with Gasteiger partial charge in [0.05, 0.1) is 11.3 Å². The summed E-state index contributed by atoms with van der Waals surface area (Å²) in [4.78, 5) is 28.7. The summed E-state index contributed by atoms with van der Waals surface area (Å²) in [6.45, 7) is 3.86. The number of amides is 1. The zero-order valence-corrected chi connectivity index (χ0v) is 17.7. The highest BCUT2D eigenvalue weighted by Gasteiger charge is 2.17. The number of nitrogens with zero attached hydrogens (tertiary/aromatic N) is 2. The lowest BCUT2D eigenvalue weighted by Gasteiger charge is -2.09. The maximum absolute atomic E-state index is 12.5. The molecule has 1 aromatic carbocycles. The molecule has 7 nitrogen and oxygen atoms in total. The molecular formula is C22H23N3O4S. The minimum atomic E-state index is -0.581. The summed E-state index contributed by atoms with van der Waals surface area (Å²) >= 11 is 1.39. The number of aryl methyl sites for hydroxylation is 2. The normalized spacial score (nSPS) is 10.6. The summed E-state index contributed by atoms with van der Waals surface area (Å²) in [5.41, 5.74) is 3.24. The number of ether oxygens (including phenoxy) is 1. The highest BCUT2D eigenvalue weighted by Crippen LogP contribution is 2.27. The molecule has 0 fully saturated rings. The van der Waals surface area contributed by atoms with Crippen LogP contribution < -0.4 is 5.32 Å². The summed E-state index contributed by atoms with van der Waals surface area (Å²) in [5.74, 6) is 0.390. The van der Waals surface area contributed by atoms with E-state index in [1.807, 2.05) is 44.2 Å². The van der Waals surface area contributed by atoms with Crippen LogP contribution in [0.15, 0.2) is 58.2 Å². The molecule has 2 aromatic heterocycles. The summed E-state index contributed by atoms with van der Waals surface area (Å²) < 4.78 is 10.3. The number of rotatable bonds is 9. The summed E-state index contributed by atoms with van der Waals surface area (Å²) in [5, 5.41) is 7.22. The molecule has 30 heavy (non-hydrogen) atoms. The molecule has 0 radical (unpaired) electrons. The lowest BCUT2D eigenvalue weighted by Crippen LogP contribution is -2.30. The van der Waals surface area contributed by atoms with Gasteiger partial charge in [-0.15, -0.1) is 11.8 Å². The summed E-state index contributed by atoms with van der Waals surface area (Å²) in [6, 6.07) is 13.1. The van der Waals surface area contributed by atoms with E-state index in [2.05, 4.69) is 15.5 Å². The van der Waals surface area contributed by atoms with Crippen LogP contribution in [0.5, 0.6) is 0 Å². The lowest BCUT2D eigenvalue weighted by atomic mass is 10.1. The average molecular weight is 426 g/mol. The largest absolute Gasteiger partial charge is 0.452 e. The Morgan fingerprint density at radius 2 is 1.93 bits per heavy atom. The molecule has 0 aliphatic rings. The second-order valence-electron chi connectivity index (χ2n) is 6.61. The zero-order valence-electron chi connectivity index (χ0n) is 16.9. The molecule has 0 atom stereocenters. The van der Waals surface area contributed by atoms with Gasteiger partial charge in [-0.25, -0.2) is 9.78 Å². The Hall–Kier alpha value is -3.13. The van der Waals surface area contributed by atoms with Gasteiger partial charge in [-0.1, -0.05) is 35.5 Å². The monoisotopic (exact) mass is 425 g/mol. The Balaban J connectivity index is 1.49. The van der Waals surface area contributed by atoms with Crippen LogP contribution in [0.25, 0.3) is 0 Å². The highest BCUT2D eigenvalue weighted by molar-refractivity contribution is 7.98. The van der Waals surface area contributed by atoms with Crippen molar-refractivity contribution in [2.75, 3.05) is 13.2 Å². The fourth-order valence-electron chi connectivity index (χ4n) is 2.76. The number of thioether (sulfide) groups is 1. The van der Waals surface area contributed by atoms with Gasteiger partial charge in [-0.3, -0.25) is 4.79 Å². The quantitative estimate of drug-likeness (QED) is 0.414. The second-order valence-corrected chi connectivity index (χ2v) is 7.57. The number of benzene rings is 1. The van der Waals surface area contributed by atoms with E-state index in [4.69, 9.17) is 9.26 Å². The van der Waals surface area contributed by atoms with Crippen molar-refractivity contribution in [3.05, 3.63) is 76.8 Å². The molecule has 0 aliphatic heterocycles. The van der Waals surface area contributed by atoms with Crippen molar-refractivity contribution in [2.45, 2.75) is 31.0 Å². The molecule has 2 heterocycles. The van der Waals surface area contributed by atoms with Crippen LogP contribution in [0.1, 0.15) is 32.9 Å². The summed E-state index contributed by atoms with van der Waals surface area (Å²) in [7, 11) is 0. The molecule has 0 saturated heterocycles. The van der Waals surface area contributed by atoms with Crippen molar-refractivity contribution in [1.82, 2.24) is 15.5 Å². The van der Waals surface area contributed by atoms with Crippen molar-refractivity contribution in [3.63, 3.8) is 0 Å². The Labute approximate surface area is 179 Å². The van der Waals surface area contributed by atoms with E-state index in [1.165, 1.54) is 11.8 Å². The van der Waals surface area contributed by atoms with E-state index in [1.54, 1.807) is 18.3 Å². The Kier molecular flexibility index (Phi) is 7.62. The van der Waals surface area contributed by atoms with Gasteiger partial charge in [-0.2, -0.15) is 0 Å². The van der Waals surface area contributed by atoms with E-state index in [0.29, 0.717) is 29.3 Å². The minimum Gasteiger partial charge on any atom is -0.452 e. The van der Waals surface area contributed by atoms with E-state index < -0.39 is 5.97 Å². The number of carbonyl (C=O) groups excluding carboxylic acids is 2. The van der Waals surface area contributed by atoms with Gasteiger partial charge in [0, 0.05) is 24.1 Å². The number of hydrogen-bond acceptors (Lipinski definition) is 7. The van der Waals surface area contributed by atoms with E-state index in [-0.39, 0.29) is 12.5 Å². The Bertz CT molecular complexity index is 985. The number of hydrogen-bond donors (Lipinski definition) is 1. The molecule has 0 spiro atoms. The first kappa shape index (κ1) is 21.6. The Morgan fingerprint density at radius 1 is 1.13 bits per heavy atom. The molecule has 0 aliphatic carbocycles. The molecular weight excluding hydrogens is 402 g/mol. The molecule has 3 rings (SSSR count). The van der Waals surface area contributed by atoms with Crippen LogP contribution >= 0.6 is 11.8 Å². The molecule has 156 valence electrons. The van der Waals surface area contributed by atoms with Crippen LogP contribution in [-0.4, -0.2) is 35.2 Å². The molecule has 1 amide bonds. The predicted octanol–water partition coefficient (Wildman–Crippen LogP) is 3.49. The van der Waals surface area contributed by atoms with Gasteiger partial charge < -0.3 is 14.6 Å². The molecule has 0 unspecified atom stereocenters. The van der Waals surface area contributed by atoms with Gasteiger partial charge >= 0.3 is 5.97 Å². The smallest absolute Gasteiger partial charge is 0.341 e. The zero-order chi connectivity index (χ0) is 21.3. The van der Waals surface area contributed by atoms with Crippen molar-refractivity contribution in [3.8, 4) is 0 Å². The van der Waals surface area contributed by atoms with Gasteiger partial charge in [-0.05, 0) is 38.0 Å². The number of esters is 1. The predicted molar refractivity (Wildman–Crippen MR) is 113 cm³/mol. The molecule has 3 aromatic rings. The van der Waals surface area contributed by atoms with E-state index in [0.717, 1.165) is 22.6 Å². The fourth-order valence-corrected chi connectivity index (χ4v) is 3.90. The minimum absolute atomic E-state index is 0.325. The maximum Gasteiger partial charge on any atom is 0.341 e. The number of carbonyl (C=O) groups is 2. The summed E-state index contributed by atoms with van der Waals surface area (Å²) in [6.07, 6.45) is 2.33. The topological polar surface area (TPSA) is 94.3 Å². The van der Waals surface area contributed by atoms with Crippen LogP contribution in [0, 0.1) is 13.8 Å². The third kappa shape index (κ3) is 5.93. The highest BCUT2D eigenvalue weighted by atomic mass is 32.2. The maximum atomic E-state index is 12.5. The van der Waals surface area contributed by atoms with Gasteiger partial charge in [0.15, 0.2) is 6.61 Å². The third-order valence-corrected chi connectivity index (χ3v) is 5.47. The standard InChI is InChI=1S/C22H23N3O4S/c1-15-19(16(2)29-25-15)14-30-21-18(9-6-11-24-21)22(27)28-13-20(26)23-12-10-17-7-4-3-5-8-17/h3-9,11H,10,12-14H2,1-2H3,(H,23,26). The lowest BCUT2D eigenvalue weighted by molar-refractivity contribution is -0.124. The van der Waals surface area contributed by atoms with Gasteiger partial charge in [0.25, 0.3) is 5.91 Å². The second kappa shape index (κ2) is 10.6. The van der Waals surface area contributed by atoms with Crippen LogP contribution in [0.4, 0.5) is 0 Å². The average Bonchev–Trinajstić information content (AvgIpc) is 3.09. The van der Waals surface area contributed by atoms with E-state index in [9.17, 15) is 9.59 Å². The van der Waals surface area contributed by atoms with Crippen LogP contribution in [-0.2, 0) is 21.7 Å². The molecule has 0 bridgehead atoms. The number of aromatic nitrogens is 2. The molecule has 0 saturated carbocycles. The van der Waals surface area contributed by atoms with E-state index >= 15 is 0 Å². The number of nitrogens with one attached hydrogen (secondary N) is 1. The van der Waals surface area contributed by atoms with Gasteiger partial charge in [0.2, 0.25) is 0 Å². The molecule has 1 N–H and O–H groups in total. The first-order chi connectivity index (χ1) is 14.5. The third-order valence-electron chi connectivity index (χ3n) is 4.44. The van der Waals surface area contributed by atoms with Crippen molar-refractivity contribution >= 4 is 23.6 Å². The van der Waals surface area contributed by atoms with Crippen LogP contribution in [0.3, 0.4) is 0 Å².